The highest BCUT2D eigenvalue weighted by atomic mass is 32.2. The fourth-order valence-electron chi connectivity index (χ4n) is 2.14. The first kappa shape index (κ1) is 14.7. The Labute approximate surface area is 116 Å². The molecule has 1 aromatic carbocycles. The van der Waals surface area contributed by atoms with Crippen molar-refractivity contribution in [3.05, 3.63) is 24.0 Å². The number of piperazine rings is 1. The van der Waals surface area contributed by atoms with E-state index >= 15 is 0 Å². The standard InChI is InChI=1S/C12H16FN3O3S/c1-12(2)11(17)15-5-6-16(12)20(18,19)10-7-8(14)3-4-9(10)13/h3-4,7H,5-6,14H2,1-2H3,(H,15,17). The van der Waals surface area contributed by atoms with E-state index in [4.69, 9.17) is 5.73 Å². The Morgan fingerprint density at radius 1 is 1.40 bits per heavy atom. The molecule has 6 nitrogen and oxygen atoms in total. The van der Waals surface area contributed by atoms with Gasteiger partial charge in [-0.3, -0.25) is 4.79 Å². The van der Waals surface area contributed by atoms with Crippen LogP contribution in [0.4, 0.5) is 10.1 Å². The summed E-state index contributed by atoms with van der Waals surface area (Å²) in [5.41, 5.74) is 4.38. The molecule has 2 rings (SSSR count). The van der Waals surface area contributed by atoms with Gasteiger partial charge < -0.3 is 11.1 Å². The average Bonchev–Trinajstić information content (AvgIpc) is 2.35. The minimum absolute atomic E-state index is 0.0787. The van der Waals surface area contributed by atoms with E-state index in [1.807, 2.05) is 0 Å². The number of nitrogens with one attached hydrogen (secondary N) is 1. The molecule has 110 valence electrons. The molecule has 1 aliphatic rings. The minimum Gasteiger partial charge on any atom is -0.399 e. The van der Waals surface area contributed by atoms with Crippen LogP contribution in [0.1, 0.15) is 13.8 Å². The van der Waals surface area contributed by atoms with Gasteiger partial charge in [-0.05, 0) is 32.0 Å². The van der Waals surface area contributed by atoms with Crippen molar-refractivity contribution in [2.45, 2.75) is 24.3 Å². The summed E-state index contributed by atoms with van der Waals surface area (Å²) in [5, 5.41) is 2.59. The lowest BCUT2D eigenvalue weighted by molar-refractivity contribution is -0.131. The zero-order valence-corrected chi connectivity index (χ0v) is 12.0. The number of halogens is 1. The third kappa shape index (κ3) is 2.25. The minimum atomic E-state index is -4.14. The Kier molecular flexibility index (Phi) is 3.47. The lowest BCUT2D eigenvalue weighted by atomic mass is 10.0. The van der Waals surface area contributed by atoms with Gasteiger partial charge in [0.05, 0.1) is 0 Å². The highest BCUT2D eigenvalue weighted by Crippen LogP contribution is 2.29. The van der Waals surface area contributed by atoms with Crippen LogP contribution in [0.25, 0.3) is 0 Å². The summed E-state index contributed by atoms with van der Waals surface area (Å²) in [7, 11) is -4.14. The van der Waals surface area contributed by atoms with Crippen LogP contribution in [-0.2, 0) is 14.8 Å². The van der Waals surface area contributed by atoms with E-state index in [9.17, 15) is 17.6 Å². The van der Waals surface area contributed by atoms with E-state index in [1.54, 1.807) is 0 Å². The maximum atomic E-state index is 13.8. The zero-order chi connectivity index (χ0) is 15.1. The first-order chi connectivity index (χ1) is 9.17. The summed E-state index contributed by atoms with van der Waals surface area (Å²) < 4.78 is 39.9. The molecule has 1 saturated heterocycles. The SMILES string of the molecule is CC1(C)C(=O)NCCN1S(=O)(=O)c1cc(N)ccc1F. The fraction of sp³-hybridized carbons (Fsp3) is 0.417. The normalized spacial score (nSPS) is 19.6. The molecular formula is C12H16FN3O3S. The Bertz CT molecular complexity index is 658. The average molecular weight is 301 g/mol. The fourth-order valence-corrected chi connectivity index (χ4v) is 3.99. The van der Waals surface area contributed by atoms with Crippen molar-refractivity contribution in [3.63, 3.8) is 0 Å². The Hall–Kier alpha value is -1.67. The van der Waals surface area contributed by atoms with Gasteiger partial charge in [-0.15, -0.1) is 0 Å². The number of sulfonamides is 1. The number of carbonyl (C=O) groups excluding carboxylic acids is 1. The molecule has 0 unspecified atom stereocenters. The topological polar surface area (TPSA) is 92.5 Å². The van der Waals surface area contributed by atoms with Crippen molar-refractivity contribution in [1.82, 2.24) is 9.62 Å². The summed E-state index contributed by atoms with van der Waals surface area (Å²) in [6.45, 7) is 3.22. The molecule has 0 atom stereocenters. The van der Waals surface area contributed by atoms with Crippen molar-refractivity contribution in [2.24, 2.45) is 0 Å². The smallest absolute Gasteiger partial charge is 0.247 e. The van der Waals surface area contributed by atoms with Gasteiger partial charge in [0.25, 0.3) is 0 Å². The molecule has 1 fully saturated rings. The van der Waals surface area contributed by atoms with Crippen LogP contribution < -0.4 is 11.1 Å². The second-order valence-electron chi connectivity index (χ2n) is 5.08. The highest BCUT2D eigenvalue weighted by Gasteiger charge is 2.45. The summed E-state index contributed by atoms with van der Waals surface area (Å²) in [5.74, 6) is -1.31. The van der Waals surface area contributed by atoms with Crippen LogP contribution in [0.3, 0.4) is 0 Å². The van der Waals surface area contributed by atoms with Gasteiger partial charge in [-0.25, -0.2) is 12.8 Å². The van der Waals surface area contributed by atoms with Crippen molar-refractivity contribution < 1.29 is 17.6 Å². The predicted octanol–water partition coefficient (Wildman–Crippen LogP) is 0.307. The first-order valence-electron chi connectivity index (χ1n) is 6.03. The molecule has 0 aliphatic carbocycles. The predicted molar refractivity (Wildman–Crippen MR) is 71.8 cm³/mol. The maximum Gasteiger partial charge on any atom is 0.247 e. The van der Waals surface area contributed by atoms with Crippen LogP contribution in [-0.4, -0.2) is 37.3 Å². The summed E-state index contributed by atoms with van der Waals surface area (Å²) in [4.78, 5) is 11.3. The first-order valence-corrected chi connectivity index (χ1v) is 7.47. The summed E-state index contributed by atoms with van der Waals surface area (Å²) >= 11 is 0. The second-order valence-corrected chi connectivity index (χ2v) is 6.91. The van der Waals surface area contributed by atoms with Crippen LogP contribution in [0, 0.1) is 5.82 Å². The largest absolute Gasteiger partial charge is 0.399 e. The van der Waals surface area contributed by atoms with Crippen molar-refractivity contribution in [1.29, 1.82) is 0 Å². The number of nitrogen functional groups attached to an aromatic ring is 1. The highest BCUT2D eigenvalue weighted by molar-refractivity contribution is 7.89. The molecule has 20 heavy (non-hydrogen) atoms. The number of carbonyl (C=O) groups is 1. The van der Waals surface area contributed by atoms with Gasteiger partial charge in [0.2, 0.25) is 15.9 Å². The van der Waals surface area contributed by atoms with Gasteiger partial charge in [-0.2, -0.15) is 4.31 Å². The van der Waals surface area contributed by atoms with Crippen molar-refractivity contribution in [2.75, 3.05) is 18.8 Å². The summed E-state index contributed by atoms with van der Waals surface area (Å²) in [6.07, 6.45) is 0. The molecule has 1 amide bonds. The molecule has 1 aliphatic heterocycles. The van der Waals surface area contributed by atoms with E-state index in [2.05, 4.69) is 5.32 Å². The van der Waals surface area contributed by atoms with Crippen LogP contribution in [0.15, 0.2) is 23.1 Å². The lowest BCUT2D eigenvalue weighted by Gasteiger charge is -2.39. The lowest BCUT2D eigenvalue weighted by Crippen LogP contribution is -2.63. The number of rotatable bonds is 2. The molecule has 8 heteroatoms. The van der Waals surface area contributed by atoms with E-state index in [1.165, 1.54) is 19.9 Å². The molecule has 1 heterocycles. The third-order valence-corrected chi connectivity index (χ3v) is 5.39. The molecule has 1 aromatic rings. The summed E-state index contributed by atoms with van der Waals surface area (Å²) in [6, 6.07) is 3.34. The van der Waals surface area contributed by atoms with Gasteiger partial charge in [0.15, 0.2) is 0 Å². The number of benzene rings is 1. The molecule has 0 aromatic heterocycles. The number of anilines is 1. The van der Waals surface area contributed by atoms with Gasteiger partial charge >= 0.3 is 0 Å². The Balaban J connectivity index is 2.55. The van der Waals surface area contributed by atoms with Gasteiger partial charge in [-0.1, -0.05) is 0 Å². The quantitative estimate of drug-likeness (QED) is 0.769. The molecule has 0 spiro atoms. The number of nitrogens with zero attached hydrogens (tertiary/aromatic N) is 1. The zero-order valence-electron chi connectivity index (χ0n) is 11.2. The van der Waals surface area contributed by atoms with E-state index in [-0.39, 0.29) is 18.8 Å². The molecule has 0 saturated carbocycles. The van der Waals surface area contributed by atoms with Crippen LogP contribution in [0.2, 0.25) is 0 Å². The van der Waals surface area contributed by atoms with Crippen LogP contribution in [0.5, 0.6) is 0 Å². The van der Waals surface area contributed by atoms with E-state index < -0.39 is 32.2 Å². The third-order valence-electron chi connectivity index (χ3n) is 3.30. The van der Waals surface area contributed by atoms with Gasteiger partial charge in [0, 0.05) is 18.8 Å². The number of hydrogen-bond donors (Lipinski definition) is 2. The number of nitrogens with two attached hydrogens (primary N) is 1. The second kappa shape index (κ2) is 4.71. The van der Waals surface area contributed by atoms with E-state index in [0.29, 0.717) is 0 Å². The number of hydrogen-bond acceptors (Lipinski definition) is 4. The molecular weight excluding hydrogens is 285 g/mol. The van der Waals surface area contributed by atoms with Crippen LogP contribution >= 0.6 is 0 Å². The van der Waals surface area contributed by atoms with Gasteiger partial charge in [0.1, 0.15) is 16.3 Å². The van der Waals surface area contributed by atoms with Crippen molar-refractivity contribution >= 4 is 21.6 Å². The molecule has 0 bridgehead atoms. The van der Waals surface area contributed by atoms with E-state index in [0.717, 1.165) is 16.4 Å². The maximum absolute atomic E-state index is 13.8. The van der Waals surface area contributed by atoms with Crippen molar-refractivity contribution in [3.8, 4) is 0 Å². The Morgan fingerprint density at radius 2 is 2.05 bits per heavy atom. The molecule has 0 radical (unpaired) electrons. The molecule has 3 N–H and O–H groups in total. The number of amides is 1. The Morgan fingerprint density at radius 3 is 2.70 bits per heavy atom. The monoisotopic (exact) mass is 301 g/mol.